The van der Waals surface area contributed by atoms with Crippen molar-refractivity contribution in [2.45, 2.75) is 18.9 Å². The summed E-state index contributed by atoms with van der Waals surface area (Å²) in [4.78, 5) is 39.6. The lowest BCUT2D eigenvalue weighted by molar-refractivity contribution is 0.0645. The van der Waals surface area contributed by atoms with E-state index in [0.717, 1.165) is 25.6 Å². The van der Waals surface area contributed by atoms with E-state index in [4.69, 9.17) is 0 Å². The maximum atomic E-state index is 13.7. The molecule has 3 aliphatic heterocycles. The van der Waals surface area contributed by atoms with Gasteiger partial charge in [0.25, 0.3) is 5.91 Å². The number of amides is 3. The highest BCUT2D eigenvalue weighted by atomic mass is 19.1. The molecule has 0 radical (unpaired) electrons. The van der Waals surface area contributed by atoms with Crippen molar-refractivity contribution in [3.8, 4) is 0 Å². The number of hydrogen-bond acceptors (Lipinski definition) is 6. The molecule has 0 N–H and O–H groups in total. The lowest BCUT2D eigenvalue weighted by Crippen LogP contribution is -2.52. The Morgan fingerprint density at radius 1 is 0.939 bits per heavy atom. The van der Waals surface area contributed by atoms with Gasteiger partial charge in [0.1, 0.15) is 17.3 Å². The summed E-state index contributed by atoms with van der Waals surface area (Å²) in [6.07, 6.45) is 4.56. The molecule has 11 heteroatoms. The fourth-order valence-corrected chi connectivity index (χ4v) is 4.19. The van der Waals surface area contributed by atoms with E-state index in [1.54, 1.807) is 28.3 Å². The van der Waals surface area contributed by atoms with Crippen molar-refractivity contribution in [2.75, 3.05) is 44.2 Å². The van der Waals surface area contributed by atoms with E-state index in [-0.39, 0.29) is 11.9 Å². The second-order valence-corrected chi connectivity index (χ2v) is 8.24. The number of carbonyl (C=O) groups is 2. The SMILES string of the molecule is O=C(c1ccnc(N2CCN(C(=O)N3N=CC[C@H]3c3cc(F)cc(F)c3)CC2)n1)N1CCC1. The maximum absolute atomic E-state index is 13.7. The van der Waals surface area contributed by atoms with E-state index in [9.17, 15) is 18.4 Å². The quantitative estimate of drug-likeness (QED) is 0.709. The van der Waals surface area contributed by atoms with Crippen molar-refractivity contribution < 1.29 is 18.4 Å². The number of carbonyl (C=O) groups excluding carboxylic acids is 2. The lowest BCUT2D eigenvalue weighted by Gasteiger charge is -2.37. The number of likely N-dealkylation sites (tertiary alicyclic amines) is 1. The Kier molecular flexibility index (Phi) is 5.61. The third-order valence-electron chi connectivity index (χ3n) is 6.13. The first-order chi connectivity index (χ1) is 16.0. The van der Waals surface area contributed by atoms with Crippen molar-refractivity contribution in [3.63, 3.8) is 0 Å². The van der Waals surface area contributed by atoms with Gasteiger partial charge in [-0.3, -0.25) is 4.79 Å². The van der Waals surface area contributed by atoms with Crippen molar-refractivity contribution in [2.24, 2.45) is 5.10 Å². The summed E-state index contributed by atoms with van der Waals surface area (Å²) in [5, 5.41) is 5.44. The predicted molar refractivity (Wildman–Crippen MR) is 116 cm³/mol. The molecule has 1 aromatic carbocycles. The van der Waals surface area contributed by atoms with Crippen LogP contribution in [0.15, 0.2) is 35.6 Å². The third kappa shape index (κ3) is 4.22. The molecule has 0 bridgehead atoms. The Hall–Kier alpha value is -3.63. The maximum Gasteiger partial charge on any atom is 0.341 e. The first-order valence-corrected chi connectivity index (χ1v) is 10.9. The van der Waals surface area contributed by atoms with Crippen LogP contribution >= 0.6 is 0 Å². The topological polar surface area (TPSA) is 85.2 Å². The predicted octanol–water partition coefficient (Wildman–Crippen LogP) is 2.28. The van der Waals surface area contributed by atoms with Crippen LogP contribution in [0.25, 0.3) is 0 Å². The highest BCUT2D eigenvalue weighted by Gasteiger charge is 2.34. The number of halogens is 2. The minimum Gasteiger partial charge on any atom is -0.337 e. The van der Waals surface area contributed by atoms with Crippen molar-refractivity contribution in [1.29, 1.82) is 0 Å². The summed E-state index contributed by atoms with van der Waals surface area (Å²) in [6.45, 7) is 3.29. The normalized spacial score (nSPS) is 20.2. The van der Waals surface area contributed by atoms with Crippen LogP contribution in [-0.2, 0) is 0 Å². The van der Waals surface area contributed by atoms with Crippen LogP contribution in [0, 0.1) is 11.6 Å². The molecule has 0 aliphatic carbocycles. The minimum atomic E-state index is -0.687. The largest absolute Gasteiger partial charge is 0.341 e. The number of piperazine rings is 1. The lowest BCUT2D eigenvalue weighted by atomic mass is 10.0. The number of benzene rings is 1. The van der Waals surface area contributed by atoms with Gasteiger partial charge in [0.2, 0.25) is 5.95 Å². The molecule has 0 unspecified atom stereocenters. The summed E-state index contributed by atoms with van der Waals surface area (Å²) in [5.41, 5.74) is 0.740. The second kappa shape index (κ2) is 8.72. The molecule has 172 valence electrons. The van der Waals surface area contributed by atoms with Crippen LogP contribution in [0.4, 0.5) is 19.5 Å². The molecule has 1 atom stereocenters. The summed E-state index contributed by atoms with van der Waals surface area (Å²) in [5.74, 6) is -1.01. The van der Waals surface area contributed by atoms with Crippen molar-refractivity contribution in [3.05, 3.63) is 53.4 Å². The molecule has 0 spiro atoms. The minimum absolute atomic E-state index is 0.0922. The van der Waals surface area contributed by atoms with Crippen LogP contribution in [0.5, 0.6) is 0 Å². The molecule has 2 fully saturated rings. The number of aromatic nitrogens is 2. The number of rotatable bonds is 3. The van der Waals surface area contributed by atoms with Crippen LogP contribution in [0.2, 0.25) is 0 Å². The smallest absolute Gasteiger partial charge is 0.337 e. The summed E-state index contributed by atoms with van der Waals surface area (Å²) in [6, 6.07) is 4.01. The standard InChI is InChI=1S/C22H23F2N7O2/c23-16-12-15(13-17(24)14-16)19-3-5-26-31(19)22(33)30-10-8-29(9-11-30)21-25-4-2-18(27-21)20(32)28-6-1-7-28/h2,4-5,12-14,19H,1,3,6-11H2/t19-/m0/s1. The van der Waals surface area contributed by atoms with Crippen LogP contribution in [-0.4, -0.2) is 82.2 Å². The van der Waals surface area contributed by atoms with Gasteiger partial charge < -0.3 is 14.7 Å². The van der Waals surface area contributed by atoms with Gasteiger partial charge >= 0.3 is 6.03 Å². The Bertz CT molecular complexity index is 1080. The van der Waals surface area contributed by atoms with Crippen LogP contribution < -0.4 is 4.90 Å². The fourth-order valence-electron chi connectivity index (χ4n) is 4.19. The Balaban J connectivity index is 1.23. The van der Waals surface area contributed by atoms with E-state index in [1.807, 2.05) is 4.90 Å². The zero-order valence-corrected chi connectivity index (χ0v) is 17.9. The summed E-state index contributed by atoms with van der Waals surface area (Å²) in [7, 11) is 0. The van der Waals surface area contributed by atoms with Crippen molar-refractivity contribution >= 4 is 24.1 Å². The molecule has 9 nitrogen and oxygen atoms in total. The zero-order valence-electron chi connectivity index (χ0n) is 17.9. The highest BCUT2D eigenvalue weighted by Crippen LogP contribution is 2.30. The summed E-state index contributed by atoms with van der Waals surface area (Å²) >= 11 is 0. The van der Waals surface area contributed by atoms with E-state index < -0.39 is 17.7 Å². The van der Waals surface area contributed by atoms with Gasteiger partial charge in [0.05, 0.1) is 6.04 Å². The Morgan fingerprint density at radius 2 is 1.67 bits per heavy atom. The number of hydrogen-bond donors (Lipinski definition) is 0. The number of hydrazone groups is 1. The number of anilines is 1. The second-order valence-electron chi connectivity index (χ2n) is 8.24. The molecule has 2 saturated heterocycles. The molecule has 3 aliphatic rings. The Morgan fingerprint density at radius 3 is 2.33 bits per heavy atom. The monoisotopic (exact) mass is 455 g/mol. The van der Waals surface area contributed by atoms with Gasteiger partial charge in [0, 0.05) is 64.2 Å². The van der Waals surface area contributed by atoms with E-state index in [1.165, 1.54) is 17.1 Å². The van der Waals surface area contributed by atoms with Crippen molar-refractivity contribution in [1.82, 2.24) is 24.8 Å². The van der Waals surface area contributed by atoms with Gasteiger partial charge in [-0.15, -0.1) is 0 Å². The molecular weight excluding hydrogens is 432 g/mol. The molecule has 2 aromatic rings. The van der Waals surface area contributed by atoms with E-state index in [0.29, 0.717) is 49.8 Å². The average Bonchev–Trinajstić information content (AvgIpc) is 3.27. The Labute approximate surface area is 189 Å². The highest BCUT2D eigenvalue weighted by molar-refractivity contribution is 5.93. The van der Waals surface area contributed by atoms with Gasteiger partial charge in [0.15, 0.2) is 0 Å². The van der Waals surface area contributed by atoms with Gasteiger partial charge in [-0.25, -0.2) is 28.6 Å². The van der Waals surface area contributed by atoms with Gasteiger partial charge in [-0.2, -0.15) is 5.10 Å². The molecule has 5 rings (SSSR count). The molecule has 3 amide bonds. The molecular formula is C22H23F2N7O2. The number of urea groups is 1. The van der Waals surface area contributed by atoms with Gasteiger partial charge in [-0.05, 0) is 30.2 Å². The van der Waals surface area contributed by atoms with Crippen LogP contribution in [0.3, 0.4) is 0 Å². The fraction of sp³-hybridized carbons (Fsp3) is 0.409. The summed E-state index contributed by atoms with van der Waals surface area (Å²) < 4.78 is 27.4. The average molecular weight is 455 g/mol. The third-order valence-corrected chi connectivity index (χ3v) is 6.13. The zero-order chi connectivity index (χ0) is 22.9. The first-order valence-electron chi connectivity index (χ1n) is 10.9. The van der Waals surface area contributed by atoms with E-state index >= 15 is 0 Å². The molecule has 0 saturated carbocycles. The van der Waals surface area contributed by atoms with E-state index in [2.05, 4.69) is 15.1 Å². The van der Waals surface area contributed by atoms with Crippen LogP contribution in [0.1, 0.15) is 34.9 Å². The number of nitrogens with zero attached hydrogens (tertiary/aromatic N) is 7. The molecule has 4 heterocycles. The van der Waals surface area contributed by atoms with Gasteiger partial charge in [-0.1, -0.05) is 0 Å². The molecule has 33 heavy (non-hydrogen) atoms. The first kappa shape index (κ1) is 21.2. The molecule has 1 aromatic heterocycles.